The van der Waals surface area contributed by atoms with Crippen molar-refractivity contribution < 1.29 is 13.7 Å². The fraction of sp³-hybridized carbons (Fsp3) is 0.500. The molecule has 1 saturated heterocycles. The van der Waals surface area contributed by atoms with Crippen molar-refractivity contribution in [1.29, 1.82) is 0 Å². The zero-order valence-electron chi connectivity index (χ0n) is 10.3. The number of piperazine rings is 1. The standard InChI is InChI=1S/C12H15F2N3O2/c13-8-12(16-5-3-15-4-6-16)10-7-9(14)1-2-11(10)17(18)19/h1-2,7,12,15H,3-6,8H2/t12-/m0/s1. The number of benzene rings is 1. The Morgan fingerprint density at radius 2 is 2.11 bits per heavy atom. The number of hydrogen-bond acceptors (Lipinski definition) is 4. The van der Waals surface area contributed by atoms with E-state index in [1.54, 1.807) is 4.90 Å². The summed E-state index contributed by atoms with van der Waals surface area (Å²) in [6.07, 6.45) is 0. The summed E-state index contributed by atoms with van der Waals surface area (Å²) in [6, 6.07) is 2.41. The van der Waals surface area contributed by atoms with Crippen LogP contribution in [0.1, 0.15) is 11.6 Å². The van der Waals surface area contributed by atoms with E-state index in [1.807, 2.05) is 0 Å². The van der Waals surface area contributed by atoms with Gasteiger partial charge < -0.3 is 5.32 Å². The first-order valence-corrected chi connectivity index (χ1v) is 6.08. The van der Waals surface area contributed by atoms with Crippen LogP contribution in [-0.2, 0) is 0 Å². The van der Waals surface area contributed by atoms with Crippen LogP contribution in [0.2, 0.25) is 0 Å². The highest BCUT2D eigenvalue weighted by atomic mass is 19.1. The zero-order chi connectivity index (χ0) is 13.8. The maximum absolute atomic E-state index is 13.3. The second kappa shape index (κ2) is 6.03. The van der Waals surface area contributed by atoms with Crippen molar-refractivity contribution in [1.82, 2.24) is 10.2 Å². The molecule has 0 bridgehead atoms. The molecular weight excluding hydrogens is 256 g/mol. The van der Waals surface area contributed by atoms with Crippen molar-refractivity contribution in [3.63, 3.8) is 0 Å². The van der Waals surface area contributed by atoms with Crippen LogP contribution >= 0.6 is 0 Å². The fourth-order valence-corrected chi connectivity index (χ4v) is 2.33. The molecule has 0 unspecified atom stereocenters. The van der Waals surface area contributed by atoms with Crippen LogP contribution in [0.3, 0.4) is 0 Å². The lowest BCUT2D eigenvalue weighted by atomic mass is 10.0. The molecule has 0 amide bonds. The van der Waals surface area contributed by atoms with Gasteiger partial charge in [-0.1, -0.05) is 0 Å². The molecule has 0 radical (unpaired) electrons. The Morgan fingerprint density at radius 1 is 1.42 bits per heavy atom. The van der Waals surface area contributed by atoms with Crippen LogP contribution in [0.5, 0.6) is 0 Å². The molecule has 104 valence electrons. The van der Waals surface area contributed by atoms with Gasteiger partial charge in [-0.05, 0) is 12.1 Å². The lowest BCUT2D eigenvalue weighted by Gasteiger charge is -2.33. The van der Waals surface area contributed by atoms with E-state index in [0.29, 0.717) is 26.2 Å². The molecule has 0 aliphatic carbocycles. The normalized spacial score (nSPS) is 18.2. The summed E-state index contributed by atoms with van der Waals surface area (Å²) in [4.78, 5) is 12.2. The average Bonchev–Trinajstić information content (AvgIpc) is 2.40. The van der Waals surface area contributed by atoms with Gasteiger partial charge in [0, 0.05) is 32.2 Å². The minimum absolute atomic E-state index is 0.106. The summed E-state index contributed by atoms with van der Waals surface area (Å²) in [6.45, 7) is 1.79. The second-order valence-electron chi connectivity index (χ2n) is 4.42. The minimum Gasteiger partial charge on any atom is -0.314 e. The van der Waals surface area contributed by atoms with Gasteiger partial charge in [-0.15, -0.1) is 0 Å². The Balaban J connectivity index is 2.35. The first kappa shape index (κ1) is 13.8. The molecule has 1 atom stereocenters. The quantitative estimate of drug-likeness (QED) is 0.668. The summed E-state index contributed by atoms with van der Waals surface area (Å²) in [5.74, 6) is -0.589. The lowest BCUT2D eigenvalue weighted by molar-refractivity contribution is -0.386. The molecule has 19 heavy (non-hydrogen) atoms. The topological polar surface area (TPSA) is 58.4 Å². The monoisotopic (exact) mass is 271 g/mol. The summed E-state index contributed by atoms with van der Waals surface area (Å²) >= 11 is 0. The van der Waals surface area contributed by atoms with Gasteiger partial charge in [0.2, 0.25) is 0 Å². The largest absolute Gasteiger partial charge is 0.314 e. The number of hydrogen-bond donors (Lipinski definition) is 1. The molecule has 2 rings (SSSR count). The molecule has 1 N–H and O–H groups in total. The third-order valence-electron chi connectivity index (χ3n) is 3.28. The van der Waals surface area contributed by atoms with E-state index in [4.69, 9.17) is 0 Å². The highest BCUT2D eigenvalue weighted by Gasteiger charge is 2.28. The van der Waals surface area contributed by atoms with Crippen LogP contribution < -0.4 is 5.32 Å². The summed E-state index contributed by atoms with van der Waals surface area (Å²) < 4.78 is 26.6. The molecule has 1 aromatic carbocycles. The number of alkyl halides is 1. The fourth-order valence-electron chi connectivity index (χ4n) is 2.33. The number of nitrogens with one attached hydrogen (secondary N) is 1. The van der Waals surface area contributed by atoms with E-state index >= 15 is 0 Å². The molecule has 1 fully saturated rings. The van der Waals surface area contributed by atoms with Gasteiger partial charge in [0.25, 0.3) is 5.69 Å². The minimum atomic E-state index is -0.774. The molecule has 1 aromatic rings. The van der Waals surface area contributed by atoms with Gasteiger partial charge in [0.15, 0.2) is 0 Å². The molecule has 5 nitrogen and oxygen atoms in total. The van der Waals surface area contributed by atoms with Crippen LogP contribution in [0.4, 0.5) is 14.5 Å². The first-order chi connectivity index (χ1) is 9.13. The van der Waals surface area contributed by atoms with Crippen molar-refractivity contribution in [3.05, 3.63) is 39.7 Å². The molecule has 1 heterocycles. The maximum atomic E-state index is 13.3. The molecule has 0 saturated carbocycles. The lowest BCUT2D eigenvalue weighted by Crippen LogP contribution is -2.45. The summed E-state index contributed by atoms with van der Waals surface area (Å²) in [5, 5.41) is 14.1. The smallest absolute Gasteiger partial charge is 0.274 e. The molecular formula is C12H15F2N3O2. The van der Waals surface area contributed by atoms with Gasteiger partial charge in [0.1, 0.15) is 12.5 Å². The van der Waals surface area contributed by atoms with Gasteiger partial charge in [0.05, 0.1) is 16.5 Å². The Kier molecular flexibility index (Phi) is 4.39. The van der Waals surface area contributed by atoms with Gasteiger partial charge in [-0.2, -0.15) is 0 Å². The number of halogens is 2. The Labute approximate surface area is 109 Å². The van der Waals surface area contributed by atoms with Gasteiger partial charge in [-0.3, -0.25) is 15.0 Å². The Hall–Kier alpha value is -1.60. The zero-order valence-corrected chi connectivity index (χ0v) is 10.3. The molecule has 0 spiro atoms. The van der Waals surface area contributed by atoms with Crippen molar-refractivity contribution in [2.24, 2.45) is 0 Å². The van der Waals surface area contributed by atoms with Crippen molar-refractivity contribution in [2.75, 3.05) is 32.9 Å². The van der Waals surface area contributed by atoms with Crippen LogP contribution in [0, 0.1) is 15.9 Å². The number of nitrogens with zero attached hydrogens (tertiary/aromatic N) is 2. The highest BCUT2D eigenvalue weighted by molar-refractivity contribution is 5.42. The van der Waals surface area contributed by atoms with E-state index in [2.05, 4.69) is 5.32 Å². The average molecular weight is 271 g/mol. The highest BCUT2D eigenvalue weighted by Crippen LogP contribution is 2.30. The predicted molar refractivity (Wildman–Crippen MR) is 66.2 cm³/mol. The summed E-state index contributed by atoms with van der Waals surface area (Å²) in [7, 11) is 0. The first-order valence-electron chi connectivity index (χ1n) is 6.08. The maximum Gasteiger partial charge on any atom is 0.274 e. The van der Waals surface area contributed by atoms with Crippen molar-refractivity contribution in [2.45, 2.75) is 6.04 Å². The predicted octanol–water partition coefficient (Wildman–Crippen LogP) is 1.65. The number of rotatable bonds is 4. The SMILES string of the molecule is O=[N+]([O-])c1ccc(F)cc1[C@H](CF)N1CCNCC1. The van der Waals surface area contributed by atoms with E-state index < -0.39 is 23.5 Å². The van der Waals surface area contributed by atoms with E-state index in [-0.39, 0.29) is 11.3 Å². The van der Waals surface area contributed by atoms with Gasteiger partial charge >= 0.3 is 0 Å². The number of nitro groups is 1. The van der Waals surface area contributed by atoms with E-state index in [9.17, 15) is 18.9 Å². The molecule has 0 aromatic heterocycles. The van der Waals surface area contributed by atoms with Crippen LogP contribution in [-0.4, -0.2) is 42.7 Å². The van der Waals surface area contributed by atoms with Crippen LogP contribution in [0.15, 0.2) is 18.2 Å². The van der Waals surface area contributed by atoms with Crippen LogP contribution in [0.25, 0.3) is 0 Å². The second-order valence-corrected chi connectivity index (χ2v) is 4.42. The number of nitro benzene ring substituents is 1. The Morgan fingerprint density at radius 3 is 2.68 bits per heavy atom. The van der Waals surface area contributed by atoms with Gasteiger partial charge in [-0.25, -0.2) is 8.78 Å². The van der Waals surface area contributed by atoms with Crippen molar-refractivity contribution >= 4 is 5.69 Å². The third-order valence-corrected chi connectivity index (χ3v) is 3.28. The van der Waals surface area contributed by atoms with E-state index in [0.717, 1.165) is 18.2 Å². The van der Waals surface area contributed by atoms with E-state index in [1.165, 1.54) is 0 Å². The summed E-state index contributed by atoms with van der Waals surface area (Å²) in [5.41, 5.74) is -0.128. The van der Waals surface area contributed by atoms with Crippen molar-refractivity contribution in [3.8, 4) is 0 Å². The molecule has 1 aliphatic rings. The molecule has 7 heteroatoms. The third kappa shape index (κ3) is 3.05. The Bertz CT molecular complexity index is 464. The molecule has 1 aliphatic heterocycles.